The van der Waals surface area contributed by atoms with Crippen LogP contribution in [0, 0.1) is 5.82 Å². The van der Waals surface area contributed by atoms with Crippen LogP contribution in [-0.2, 0) is 16.1 Å². The summed E-state index contributed by atoms with van der Waals surface area (Å²) >= 11 is 6.69. The van der Waals surface area contributed by atoms with Gasteiger partial charge in [0.25, 0.3) is 0 Å². The predicted octanol–water partition coefficient (Wildman–Crippen LogP) is 3.32. The highest BCUT2D eigenvalue weighted by Gasteiger charge is 2.31. The monoisotopic (exact) mass is 415 g/mol. The first-order valence-electron chi connectivity index (χ1n) is 9.86. The number of piperidine rings is 1. The summed E-state index contributed by atoms with van der Waals surface area (Å²) in [4.78, 5) is 28.1. The van der Waals surface area contributed by atoms with E-state index >= 15 is 0 Å². The molecule has 0 aromatic heterocycles. The van der Waals surface area contributed by atoms with E-state index in [4.69, 9.17) is 11.6 Å². The first kappa shape index (κ1) is 19.9. The van der Waals surface area contributed by atoms with Crippen LogP contribution in [0.4, 0.5) is 10.1 Å². The lowest BCUT2D eigenvalue weighted by Crippen LogP contribution is -2.46. The zero-order chi connectivity index (χ0) is 20.4. The Hall–Kier alpha value is -2.44. The van der Waals surface area contributed by atoms with E-state index in [1.165, 1.54) is 6.07 Å². The molecule has 0 radical (unpaired) electrons. The van der Waals surface area contributed by atoms with Crippen molar-refractivity contribution in [2.24, 2.45) is 0 Å². The summed E-state index contributed by atoms with van der Waals surface area (Å²) in [7, 11) is 0. The van der Waals surface area contributed by atoms with E-state index in [1.54, 1.807) is 6.07 Å². The van der Waals surface area contributed by atoms with E-state index in [0.29, 0.717) is 30.0 Å². The SMILES string of the molecule is O=C1CCC(c2cccc(N3CCN(Cc4ccccc4F)CC3)c2Cl)C(=O)N1. The van der Waals surface area contributed by atoms with Gasteiger partial charge in [-0.3, -0.25) is 19.8 Å². The van der Waals surface area contributed by atoms with Crippen LogP contribution in [0.3, 0.4) is 0 Å². The Balaban J connectivity index is 1.44. The first-order chi connectivity index (χ1) is 14.0. The molecule has 1 N–H and O–H groups in total. The minimum absolute atomic E-state index is 0.171. The number of benzene rings is 2. The maximum Gasteiger partial charge on any atom is 0.234 e. The minimum atomic E-state index is -0.400. The number of nitrogens with one attached hydrogen (secondary N) is 1. The van der Waals surface area contributed by atoms with Gasteiger partial charge in [0.2, 0.25) is 11.8 Å². The molecule has 5 nitrogen and oxygen atoms in total. The Morgan fingerprint density at radius 2 is 1.79 bits per heavy atom. The smallest absolute Gasteiger partial charge is 0.234 e. The van der Waals surface area contributed by atoms with Gasteiger partial charge in [-0.2, -0.15) is 0 Å². The molecule has 7 heteroatoms. The van der Waals surface area contributed by atoms with Gasteiger partial charge in [-0.25, -0.2) is 4.39 Å². The lowest BCUT2D eigenvalue weighted by atomic mass is 9.90. The van der Waals surface area contributed by atoms with Crippen LogP contribution in [-0.4, -0.2) is 42.9 Å². The van der Waals surface area contributed by atoms with Crippen molar-refractivity contribution < 1.29 is 14.0 Å². The number of rotatable bonds is 4. The Bertz CT molecular complexity index is 928. The van der Waals surface area contributed by atoms with Crippen molar-refractivity contribution in [3.8, 4) is 0 Å². The van der Waals surface area contributed by atoms with E-state index in [-0.39, 0.29) is 17.6 Å². The number of amides is 2. The quantitative estimate of drug-likeness (QED) is 0.778. The Kier molecular flexibility index (Phi) is 5.83. The van der Waals surface area contributed by atoms with Gasteiger partial charge in [-0.05, 0) is 24.1 Å². The Morgan fingerprint density at radius 3 is 2.52 bits per heavy atom. The van der Waals surface area contributed by atoms with Gasteiger partial charge in [0.1, 0.15) is 5.82 Å². The maximum atomic E-state index is 13.9. The van der Waals surface area contributed by atoms with E-state index in [9.17, 15) is 14.0 Å². The van der Waals surface area contributed by atoms with Crippen molar-refractivity contribution in [3.05, 3.63) is 64.4 Å². The molecule has 152 valence electrons. The third-order valence-electron chi connectivity index (χ3n) is 5.69. The van der Waals surface area contributed by atoms with E-state index in [2.05, 4.69) is 15.1 Å². The highest BCUT2D eigenvalue weighted by molar-refractivity contribution is 6.34. The van der Waals surface area contributed by atoms with E-state index in [1.807, 2.05) is 30.3 Å². The second kappa shape index (κ2) is 8.51. The summed E-state index contributed by atoms with van der Waals surface area (Å²) in [6.07, 6.45) is 0.802. The lowest BCUT2D eigenvalue weighted by molar-refractivity contribution is -0.134. The van der Waals surface area contributed by atoms with Crippen LogP contribution in [0.25, 0.3) is 0 Å². The third kappa shape index (κ3) is 4.28. The number of carbonyl (C=O) groups excluding carboxylic acids is 2. The molecule has 2 aromatic carbocycles. The molecule has 0 bridgehead atoms. The number of anilines is 1. The zero-order valence-corrected chi connectivity index (χ0v) is 16.8. The Morgan fingerprint density at radius 1 is 1.03 bits per heavy atom. The second-order valence-corrected chi connectivity index (χ2v) is 7.92. The highest BCUT2D eigenvalue weighted by atomic mass is 35.5. The molecule has 2 saturated heterocycles. The standard InChI is InChI=1S/C22H23ClFN3O2/c23-21-16(17-8-9-20(28)25-22(17)29)5-3-7-19(21)27-12-10-26(11-13-27)14-15-4-1-2-6-18(15)24/h1-7,17H,8-14H2,(H,25,28,29). The molecule has 29 heavy (non-hydrogen) atoms. The van der Waals surface area contributed by atoms with Crippen molar-refractivity contribution in [2.75, 3.05) is 31.1 Å². The molecule has 1 unspecified atom stereocenters. The van der Waals surface area contributed by atoms with Crippen molar-refractivity contribution in [3.63, 3.8) is 0 Å². The number of hydrogen-bond donors (Lipinski definition) is 1. The van der Waals surface area contributed by atoms with Gasteiger partial charge in [0.15, 0.2) is 0 Å². The van der Waals surface area contributed by atoms with E-state index in [0.717, 1.165) is 37.4 Å². The second-order valence-electron chi connectivity index (χ2n) is 7.54. The first-order valence-corrected chi connectivity index (χ1v) is 10.2. The van der Waals surface area contributed by atoms with Crippen molar-refractivity contribution in [2.45, 2.75) is 25.3 Å². The number of piperazine rings is 1. The van der Waals surface area contributed by atoms with Crippen LogP contribution in [0.5, 0.6) is 0 Å². The minimum Gasteiger partial charge on any atom is -0.368 e. The predicted molar refractivity (Wildman–Crippen MR) is 110 cm³/mol. The summed E-state index contributed by atoms with van der Waals surface area (Å²) in [5, 5.41) is 2.97. The molecule has 0 spiro atoms. The number of nitrogens with zero attached hydrogens (tertiary/aromatic N) is 2. The fraction of sp³-hybridized carbons (Fsp3) is 0.364. The molecular weight excluding hydrogens is 393 g/mol. The molecule has 2 amide bonds. The molecule has 2 aromatic rings. The molecule has 2 aliphatic rings. The van der Waals surface area contributed by atoms with Crippen LogP contribution in [0.2, 0.25) is 5.02 Å². The molecule has 0 saturated carbocycles. The van der Waals surface area contributed by atoms with Crippen LogP contribution >= 0.6 is 11.6 Å². The molecule has 0 aliphatic carbocycles. The maximum absolute atomic E-state index is 13.9. The topological polar surface area (TPSA) is 52.7 Å². The van der Waals surface area contributed by atoms with Gasteiger partial charge >= 0.3 is 0 Å². The molecule has 1 atom stereocenters. The summed E-state index contributed by atoms with van der Waals surface area (Å²) in [6, 6.07) is 12.6. The Labute approximate surface area is 174 Å². The fourth-order valence-electron chi connectivity index (χ4n) is 4.06. The van der Waals surface area contributed by atoms with Gasteiger partial charge in [-0.15, -0.1) is 0 Å². The molecule has 2 heterocycles. The molecule has 2 aliphatic heterocycles. The number of halogens is 2. The normalized spacial score (nSPS) is 20.6. The largest absolute Gasteiger partial charge is 0.368 e. The van der Waals surface area contributed by atoms with E-state index < -0.39 is 5.92 Å². The van der Waals surface area contributed by atoms with Crippen molar-refractivity contribution in [1.29, 1.82) is 0 Å². The van der Waals surface area contributed by atoms with Crippen LogP contribution in [0.15, 0.2) is 42.5 Å². The van der Waals surface area contributed by atoms with Gasteiger partial charge in [0.05, 0.1) is 16.6 Å². The molecular formula is C22H23ClFN3O2. The number of imide groups is 1. The fourth-order valence-corrected chi connectivity index (χ4v) is 4.43. The number of carbonyl (C=O) groups is 2. The zero-order valence-electron chi connectivity index (χ0n) is 16.0. The number of hydrogen-bond acceptors (Lipinski definition) is 4. The van der Waals surface area contributed by atoms with Crippen LogP contribution < -0.4 is 10.2 Å². The molecule has 4 rings (SSSR count). The van der Waals surface area contributed by atoms with Gasteiger partial charge in [-0.1, -0.05) is 41.9 Å². The van der Waals surface area contributed by atoms with Gasteiger partial charge < -0.3 is 4.90 Å². The van der Waals surface area contributed by atoms with Crippen molar-refractivity contribution in [1.82, 2.24) is 10.2 Å². The summed E-state index contributed by atoms with van der Waals surface area (Å²) in [5.74, 6) is -1.09. The lowest BCUT2D eigenvalue weighted by Gasteiger charge is -2.37. The van der Waals surface area contributed by atoms with Crippen LogP contribution in [0.1, 0.15) is 29.9 Å². The summed E-state index contributed by atoms with van der Waals surface area (Å²) in [5.41, 5.74) is 2.38. The highest BCUT2D eigenvalue weighted by Crippen LogP contribution is 2.37. The van der Waals surface area contributed by atoms with Gasteiger partial charge in [0, 0.05) is 44.7 Å². The van der Waals surface area contributed by atoms with Crippen molar-refractivity contribution >= 4 is 29.1 Å². The summed E-state index contributed by atoms with van der Waals surface area (Å²) in [6.45, 7) is 3.73. The average Bonchev–Trinajstić information content (AvgIpc) is 2.71. The summed E-state index contributed by atoms with van der Waals surface area (Å²) < 4.78 is 13.9. The third-order valence-corrected chi connectivity index (χ3v) is 6.10. The molecule has 2 fully saturated rings. The average molecular weight is 416 g/mol.